The zero-order valence-corrected chi connectivity index (χ0v) is 13.5. The number of benzene rings is 1. The van der Waals surface area contributed by atoms with Gasteiger partial charge in [0.2, 0.25) is 0 Å². The van der Waals surface area contributed by atoms with E-state index in [4.69, 9.17) is 5.73 Å². The molecule has 0 saturated carbocycles. The van der Waals surface area contributed by atoms with Crippen molar-refractivity contribution >= 4 is 43.2 Å². The highest BCUT2D eigenvalue weighted by Crippen LogP contribution is 2.34. The smallest absolute Gasteiger partial charge is 0.0879 e. The lowest BCUT2D eigenvalue weighted by atomic mass is 9.90. The van der Waals surface area contributed by atoms with Gasteiger partial charge in [0.15, 0.2) is 0 Å². The first-order valence-corrected chi connectivity index (χ1v) is 7.96. The third-order valence-electron chi connectivity index (χ3n) is 2.84. The summed E-state index contributed by atoms with van der Waals surface area (Å²) in [5.74, 6) is -0.0935. The molecule has 2 unspecified atom stereocenters. The van der Waals surface area contributed by atoms with E-state index in [0.717, 1.165) is 19.4 Å². The molecule has 1 heterocycles. The Hall–Kier alpha value is -0.200. The summed E-state index contributed by atoms with van der Waals surface area (Å²) in [6, 6.07) is 9.86. The van der Waals surface area contributed by atoms with Gasteiger partial charge in [-0.1, -0.05) is 28.1 Å². The van der Waals surface area contributed by atoms with Crippen molar-refractivity contribution in [3.8, 4) is 0 Å². The fourth-order valence-electron chi connectivity index (χ4n) is 1.90. The summed E-state index contributed by atoms with van der Waals surface area (Å²) < 4.78 is 2.01. The summed E-state index contributed by atoms with van der Waals surface area (Å²) in [5, 5.41) is 12.4. The van der Waals surface area contributed by atoms with Gasteiger partial charge in [-0.15, -0.1) is 11.3 Å². The van der Waals surface area contributed by atoms with Crippen LogP contribution in [0.4, 0.5) is 0 Å². The molecule has 5 heteroatoms. The number of halogens is 2. The van der Waals surface area contributed by atoms with Crippen LogP contribution >= 0.6 is 43.2 Å². The first kappa shape index (κ1) is 14.2. The van der Waals surface area contributed by atoms with E-state index < -0.39 is 6.10 Å². The molecule has 3 N–H and O–H groups in total. The Morgan fingerprint density at radius 2 is 2.00 bits per heavy atom. The Balaban J connectivity index is 2.28. The van der Waals surface area contributed by atoms with Gasteiger partial charge in [-0.3, -0.25) is 0 Å². The van der Waals surface area contributed by atoms with E-state index in [-0.39, 0.29) is 5.92 Å². The minimum absolute atomic E-state index is 0.0935. The van der Waals surface area contributed by atoms with Crippen LogP contribution in [0.15, 0.2) is 44.0 Å². The lowest BCUT2D eigenvalue weighted by Gasteiger charge is -2.21. The van der Waals surface area contributed by atoms with E-state index in [1.807, 2.05) is 35.7 Å². The zero-order valence-electron chi connectivity index (χ0n) is 9.51. The minimum Gasteiger partial charge on any atom is -0.388 e. The molecule has 2 nitrogen and oxygen atoms in total. The number of aliphatic hydroxyl groups is 1. The Kier molecular flexibility index (Phi) is 4.98. The maximum atomic E-state index is 10.4. The van der Waals surface area contributed by atoms with Crippen molar-refractivity contribution in [3.63, 3.8) is 0 Å². The Morgan fingerprint density at radius 1 is 1.22 bits per heavy atom. The topological polar surface area (TPSA) is 46.2 Å². The predicted octanol–water partition coefficient (Wildman–Crippen LogP) is 4.05. The predicted molar refractivity (Wildman–Crippen MR) is 82.9 cm³/mol. The first-order chi connectivity index (χ1) is 8.61. The molecule has 18 heavy (non-hydrogen) atoms. The zero-order chi connectivity index (χ0) is 13.1. The highest BCUT2D eigenvalue weighted by molar-refractivity contribution is 9.11. The molecular weight excluding hydrogens is 378 g/mol. The van der Waals surface area contributed by atoms with Crippen LogP contribution < -0.4 is 5.73 Å². The average Bonchev–Trinajstić information content (AvgIpc) is 2.77. The van der Waals surface area contributed by atoms with Crippen LogP contribution in [0, 0.1) is 0 Å². The second-order valence-corrected chi connectivity index (χ2v) is 7.23. The second-order valence-electron chi connectivity index (χ2n) is 4.03. The van der Waals surface area contributed by atoms with Gasteiger partial charge in [0.25, 0.3) is 0 Å². The highest BCUT2D eigenvalue weighted by atomic mass is 79.9. The standard InChI is InChI=1S/C13H13Br2NOS/c14-10-3-1-2-8(4-10)11(6-16)13(17)9-5-12(15)18-7-9/h1-5,7,11,13,17H,6,16H2. The Labute approximate surface area is 127 Å². The van der Waals surface area contributed by atoms with Crippen LogP contribution in [-0.2, 0) is 0 Å². The molecule has 0 aliphatic heterocycles. The summed E-state index contributed by atoms with van der Waals surface area (Å²) in [6.45, 7) is 0.408. The molecular formula is C13H13Br2NOS. The summed E-state index contributed by atoms with van der Waals surface area (Å²) in [4.78, 5) is 0. The van der Waals surface area contributed by atoms with Crippen molar-refractivity contribution < 1.29 is 5.11 Å². The van der Waals surface area contributed by atoms with E-state index in [2.05, 4.69) is 31.9 Å². The average molecular weight is 391 g/mol. The molecule has 2 atom stereocenters. The van der Waals surface area contributed by atoms with E-state index >= 15 is 0 Å². The Morgan fingerprint density at radius 3 is 2.56 bits per heavy atom. The van der Waals surface area contributed by atoms with Crippen molar-refractivity contribution in [2.24, 2.45) is 5.73 Å². The van der Waals surface area contributed by atoms with Gasteiger partial charge in [-0.05, 0) is 50.6 Å². The van der Waals surface area contributed by atoms with Crippen LogP contribution in [0.3, 0.4) is 0 Å². The van der Waals surface area contributed by atoms with Crippen LogP contribution in [-0.4, -0.2) is 11.7 Å². The fourth-order valence-corrected chi connectivity index (χ4v) is 3.52. The van der Waals surface area contributed by atoms with Gasteiger partial charge in [0.1, 0.15) is 0 Å². The molecule has 0 fully saturated rings. The molecule has 96 valence electrons. The first-order valence-electron chi connectivity index (χ1n) is 5.49. The minimum atomic E-state index is -0.577. The number of aliphatic hydroxyl groups excluding tert-OH is 1. The van der Waals surface area contributed by atoms with Crippen LogP contribution in [0.25, 0.3) is 0 Å². The molecule has 1 aromatic carbocycles. The number of thiophene rings is 1. The third-order valence-corrected chi connectivity index (χ3v) is 4.86. The largest absolute Gasteiger partial charge is 0.388 e. The lowest BCUT2D eigenvalue weighted by Crippen LogP contribution is -2.19. The van der Waals surface area contributed by atoms with Crippen molar-refractivity contribution in [2.75, 3.05) is 6.54 Å². The maximum Gasteiger partial charge on any atom is 0.0879 e. The fraction of sp³-hybridized carbons (Fsp3) is 0.231. The molecule has 2 aromatic rings. The quantitative estimate of drug-likeness (QED) is 0.827. The number of hydrogen-bond donors (Lipinski definition) is 2. The number of nitrogens with two attached hydrogens (primary N) is 1. The molecule has 2 rings (SSSR count). The highest BCUT2D eigenvalue weighted by Gasteiger charge is 2.22. The second kappa shape index (κ2) is 6.30. The molecule has 0 radical (unpaired) electrons. The molecule has 1 aromatic heterocycles. The van der Waals surface area contributed by atoms with E-state index in [1.165, 1.54) is 0 Å². The van der Waals surface area contributed by atoms with E-state index in [1.54, 1.807) is 11.3 Å². The summed E-state index contributed by atoms with van der Waals surface area (Å²) in [6.07, 6.45) is -0.577. The summed E-state index contributed by atoms with van der Waals surface area (Å²) in [5.41, 5.74) is 7.76. The molecule has 0 bridgehead atoms. The van der Waals surface area contributed by atoms with Crippen molar-refractivity contribution in [3.05, 3.63) is 55.1 Å². The molecule has 0 amide bonds. The monoisotopic (exact) mass is 389 g/mol. The normalized spacial score (nSPS) is 14.4. The van der Waals surface area contributed by atoms with Gasteiger partial charge >= 0.3 is 0 Å². The van der Waals surface area contributed by atoms with Gasteiger partial charge in [-0.2, -0.15) is 0 Å². The Bertz CT molecular complexity index is 529. The molecule has 0 aliphatic carbocycles. The maximum absolute atomic E-state index is 10.4. The van der Waals surface area contributed by atoms with Crippen LogP contribution in [0.1, 0.15) is 23.1 Å². The van der Waals surface area contributed by atoms with Crippen LogP contribution in [0.5, 0.6) is 0 Å². The molecule has 0 spiro atoms. The van der Waals surface area contributed by atoms with Gasteiger partial charge in [0.05, 0.1) is 9.89 Å². The van der Waals surface area contributed by atoms with Crippen molar-refractivity contribution in [2.45, 2.75) is 12.0 Å². The van der Waals surface area contributed by atoms with Gasteiger partial charge in [-0.25, -0.2) is 0 Å². The van der Waals surface area contributed by atoms with E-state index in [0.29, 0.717) is 6.54 Å². The van der Waals surface area contributed by atoms with E-state index in [9.17, 15) is 5.11 Å². The number of hydrogen-bond acceptors (Lipinski definition) is 3. The molecule has 0 aliphatic rings. The van der Waals surface area contributed by atoms with Gasteiger partial charge < -0.3 is 10.8 Å². The third kappa shape index (κ3) is 3.22. The van der Waals surface area contributed by atoms with Crippen LogP contribution in [0.2, 0.25) is 0 Å². The lowest BCUT2D eigenvalue weighted by molar-refractivity contribution is 0.148. The summed E-state index contributed by atoms with van der Waals surface area (Å²) in [7, 11) is 0. The molecule has 0 saturated heterocycles. The van der Waals surface area contributed by atoms with Crippen molar-refractivity contribution in [1.82, 2.24) is 0 Å². The number of rotatable bonds is 4. The summed E-state index contributed by atoms with van der Waals surface area (Å²) >= 11 is 8.41. The SMILES string of the molecule is NCC(c1cccc(Br)c1)C(O)c1csc(Br)c1. The van der Waals surface area contributed by atoms with Gasteiger partial charge in [0, 0.05) is 16.9 Å². The van der Waals surface area contributed by atoms with Crippen molar-refractivity contribution in [1.29, 1.82) is 0 Å².